The quantitative estimate of drug-likeness (QED) is 0.707. The monoisotopic (exact) mass is 386 g/mol. The van der Waals surface area contributed by atoms with Crippen LogP contribution in [0.4, 0.5) is 0 Å². The van der Waals surface area contributed by atoms with Crippen molar-refractivity contribution in [1.82, 2.24) is 15.4 Å². The highest BCUT2D eigenvalue weighted by atomic mass is 35.5. The van der Waals surface area contributed by atoms with Gasteiger partial charge >= 0.3 is 0 Å². The number of sulfonamides is 1. The van der Waals surface area contributed by atoms with E-state index in [2.05, 4.69) is 20.3 Å². The van der Waals surface area contributed by atoms with Gasteiger partial charge in [0.25, 0.3) is 10.0 Å². The molecule has 1 aromatic rings. The summed E-state index contributed by atoms with van der Waals surface area (Å²) in [5.74, 6) is 0.470. The number of aliphatic imine (C=N–C) groups is 1. The minimum absolute atomic E-state index is 0. The maximum atomic E-state index is 12.2. The topological polar surface area (TPSA) is 99.7 Å². The molecular formula is C16H23ClN4O3S. The van der Waals surface area contributed by atoms with E-state index in [0.29, 0.717) is 18.0 Å². The predicted molar refractivity (Wildman–Crippen MR) is 98.6 cm³/mol. The van der Waals surface area contributed by atoms with Gasteiger partial charge in [-0.25, -0.2) is 8.42 Å². The van der Waals surface area contributed by atoms with E-state index in [0.717, 1.165) is 25.9 Å². The number of hydrogen-bond donors (Lipinski definition) is 3. The number of halogens is 1. The summed E-state index contributed by atoms with van der Waals surface area (Å²) in [6.45, 7) is 4.23. The Hall–Kier alpha value is -1.64. The normalized spacial score (nSPS) is 23.9. The molecule has 2 heterocycles. The number of nitrogens with one attached hydrogen (secondary N) is 3. The van der Waals surface area contributed by atoms with Crippen molar-refractivity contribution in [2.75, 3.05) is 19.6 Å². The molecular weight excluding hydrogens is 364 g/mol. The summed E-state index contributed by atoms with van der Waals surface area (Å²) in [5, 5.41) is 6.22. The molecule has 25 heavy (non-hydrogen) atoms. The number of fused-ring (bicyclic) bond motifs is 1. The first-order valence-corrected chi connectivity index (χ1v) is 9.64. The van der Waals surface area contributed by atoms with Crippen LogP contribution in [0.1, 0.15) is 25.3 Å². The van der Waals surface area contributed by atoms with Crippen LogP contribution in [0.3, 0.4) is 0 Å². The van der Waals surface area contributed by atoms with E-state index in [1.54, 1.807) is 25.1 Å². The average Bonchev–Trinajstić information content (AvgIpc) is 2.84. The summed E-state index contributed by atoms with van der Waals surface area (Å²) in [6.07, 6.45) is 2.22. The Morgan fingerprint density at radius 1 is 1.40 bits per heavy atom. The number of amidine groups is 1. The average molecular weight is 387 g/mol. The Balaban J connectivity index is 0.00000225. The lowest BCUT2D eigenvalue weighted by molar-refractivity contribution is -0.122. The van der Waals surface area contributed by atoms with Gasteiger partial charge < -0.3 is 10.6 Å². The summed E-state index contributed by atoms with van der Waals surface area (Å²) in [4.78, 5) is 16.7. The molecule has 0 spiro atoms. The van der Waals surface area contributed by atoms with Crippen LogP contribution in [0.5, 0.6) is 0 Å². The zero-order valence-corrected chi connectivity index (χ0v) is 15.6. The predicted octanol–water partition coefficient (Wildman–Crippen LogP) is 0.651. The van der Waals surface area contributed by atoms with Gasteiger partial charge in [0, 0.05) is 12.1 Å². The number of nitrogens with zero attached hydrogens (tertiary/aromatic N) is 1. The highest BCUT2D eigenvalue weighted by molar-refractivity contribution is 7.90. The van der Waals surface area contributed by atoms with E-state index in [4.69, 9.17) is 0 Å². The minimum Gasteiger partial charge on any atom is -0.354 e. The third kappa shape index (κ3) is 4.50. The zero-order valence-electron chi connectivity index (χ0n) is 14.0. The molecule has 0 radical (unpaired) electrons. The van der Waals surface area contributed by atoms with Gasteiger partial charge in [-0.15, -0.1) is 12.4 Å². The van der Waals surface area contributed by atoms with E-state index in [-0.39, 0.29) is 29.0 Å². The molecule has 2 unspecified atom stereocenters. The van der Waals surface area contributed by atoms with Crippen molar-refractivity contribution >= 4 is 34.2 Å². The highest BCUT2D eigenvalue weighted by Crippen LogP contribution is 2.22. The fraction of sp³-hybridized carbons (Fsp3) is 0.500. The molecule has 2 atom stereocenters. The molecule has 0 aromatic heterocycles. The summed E-state index contributed by atoms with van der Waals surface area (Å²) < 4.78 is 26.5. The van der Waals surface area contributed by atoms with Crippen LogP contribution in [0.2, 0.25) is 0 Å². The fourth-order valence-corrected chi connectivity index (χ4v) is 4.21. The molecule has 0 bridgehead atoms. The van der Waals surface area contributed by atoms with Gasteiger partial charge in [-0.2, -0.15) is 0 Å². The number of benzene rings is 1. The Morgan fingerprint density at radius 3 is 2.88 bits per heavy atom. The van der Waals surface area contributed by atoms with E-state index in [1.807, 2.05) is 0 Å². The molecule has 0 saturated carbocycles. The van der Waals surface area contributed by atoms with E-state index in [1.165, 1.54) is 6.07 Å². The number of amides is 1. The van der Waals surface area contributed by atoms with Gasteiger partial charge in [-0.3, -0.25) is 14.5 Å². The van der Waals surface area contributed by atoms with Crippen molar-refractivity contribution in [3.05, 3.63) is 29.8 Å². The second-order valence-electron chi connectivity index (χ2n) is 6.21. The first kappa shape index (κ1) is 19.7. The lowest BCUT2D eigenvalue weighted by Crippen LogP contribution is -2.41. The SMILES string of the molecule is CC(N=C1NS(=O)(=O)c2ccccc21)C(=O)NCC1CCCNC1.Cl. The van der Waals surface area contributed by atoms with Crippen LogP contribution in [-0.4, -0.2) is 45.8 Å². The van der Waals surface area contributed by atoms with Crippen molar-refractivity contribution in [2.24, 2.45) is 10.9 Å². The molecule has 9 heteroatoms. The van der Waals surface area contributed by atoms with Crippen LogP contribution in [0.15, 0.2) is 34.2 Å². The van der Waals surface area contributed by atoms with E-state index >= 15 is 0 Å². The Morgan fingerprint density at radius 2 is 2.16 bits per heavy atom. The largest absolute Gasteiger partial charge is 0.354 e. The lowest BCUT2D eigenvalue weighted by atomic mass is 10.00. The first-order chi connectivity index (χ1) is 11.5. The van der Waals surface area contributed by atoms with Gasteiger partial charge in [0.15, 0.2) is 0 Å². The summed E-state index contributed by atoms with van der Waals surface area (Å²) in [5.41, 5.74) is 0.508. The van der Waals surface area contributed by atoms with Crippen LogP contribution >= 0.6 is 12.4 Å². The van der Waals surface area contributed by atoms with Crippen molar-refractivity contribution in [2.45, 2.75) is 30.7 Å². The number of piperidine rings is 1. The van der Waals surface area contributed by atoms with Crippen LogP contribution in [-0.2, 0) is 14.8 Å². The summed E-state index contributed by atoms with van der Waals surface area (Å²) in [6, 6.07) is 5.96. The Labute approximate surface area is 154 Å². The number of carbonyl (C=O) groups is 1. The molecule has 1 aromatic carbocycles. The fourth-order valence-electron chi connectivity index (χ4n) is 2.97. The third-order valence-corrected chi connectivity index (χ3v) is 5.73. The van der Waals surface area contributed by atoms with Crippen LogP contribution in [0, 0.1) is 5.92 Å². The van der Waals surface area contributed by atoms with E-state index < -0.39 is 16.1 Å². The minimum atomic E-state index is -3.58. The molecule has 3 N–H and O–H groups in total. The smallest absolute Gasteiger partial charge is 0.263 e. The van der Waals surface area contributed by atoms with Gasteiger partial charge in [0.2, 0.25) is 5.91 Å². The second-order valence-corrected chi connectivity index (χ2v) is 7.86. The molecule has 1 amide bonds. The second kappa shape index (κ2) is 8.16. The van der Waals surface area contributed by atoms with Crippen molar-refractivity contribution in [1.29, 1.82) is 0 Å². The summed E-state index contributed by atoms with van der Waals surface area (Å²) >= 11 is 0. The summed E-state index contributed by atoms with van der Waals surface area (Å²) in [7, 11) is -3.58. The molecule has 138 valence electrons. The molecule has 0 aliphatic carbocycles. The first-order valence-electron chi connectivity index (χ1n) is 8.16. The van der Waals surface area contributed by atoms with Crippen LogP contribution < -0.4 is 15.4 Å². The van der Waals surface area contributed by atoms with Gasteiger partial charge in [-0.05, 0) is 50.9 Å². The van der Waals surface area contributed by atoms with Crippen LogP contribution in [0.25, 0.3) is 0 Å². The van der Waals surface area contributed by atoms with Crippen molar-refractivity contribution in [3.8, 4) is 0 Å². The Kier molecular flexibility index (Phi) is 6.42. The van der Waals surface area contributed by atoms with Gasteiger partial charge in [0.1, 0.15) is 11.9 Å². The third-order valence-electron chi connectivity index (χ3n) is 4.33. The van der Waals surface area contributed by atoms with Gasteiger partial charge in [0.05, 0.1) is 4.90 Å². The molecule has 3 rings (SSSR count). The van der Waals surface area contributed by atoms with Crippen molar-refractivity contribution < 1.29 is 13.2 Å². The zero-order chi connectivity index (χ0) is 17.2. The molecule has 2 aliphatic heterocycles. The lowest BCUT2D eigenvalue weighted by Gasteiger charge is -2.23. The van der Waals surface area contributed by atoms with Gasteiger partial charge in [-0.1, -0.05) is 12.1 Å². The number of carbonyl (C=O) groups excluding carboxylic acids is 1. The standard InChI is InChI=1S/C16H22N4O3S.ClH/c1-11(16(21)18-10-12-5-4-8-17-9-12)19-15-13-6-2-3-7-14(13)24(22,23)20-15;/h2-3,6-7,11-12,17H,4-5,8-10H2,1H3,(H,18,21)(H,19,20);1H. The van der Waals surface area contributed by atoms with E-state index in [9.17, 15) is 13.2 Å². The molecule has 1 fully saturated rings. The highest BCUT2D eigenvalue weighted by Gasteiger charge is 2.31. The maximum absolute atomic E-state index is 12.2. The molecule has 7 nitrogen and oxygen atoms in total. The number of hydrogen-bond acceptors (Lipinski definition) is 5. The molecule has 2 aliphatic rings. The maximum Gasteiger partial charge on any atom is 0.263 e. The number of rotatable bonds is 4. The Bertz CT molecular complexity index is 760. The van der Waals surface area contributed by atoms with Crippen molar-refractivity contribution in [3.63, 3.8) is 0 Å². The molecule has 1 saturated heterocycles.